The highest BCUT2D eigenvalue weighted by Crippen LogP contribution is 2.20. The van der Waals surface area contributed by atoms with Crippen LogP contribution in [-0.4, -0.2) is 16.2 Å². The molecular weight excluding hydrogens is 225 g/mol. The van der Waals surface area contributed by atoms with E-state index in [1.165, 1.54) is 32.4 Å². The fraction of sp³-hybridized carbons (Fsp3) is 1.00. The summed E-state index contributed by atoms with van der Waals surface area (Å²) in [5, 5.41) is 0. The van der Waals surface area contributed by atoms with Gasteiger partial charge in [-0.15, -0.1) is 0 Å². The van der Waals surface area contributed by atoms with Gasteiger partial charge in [-0.2, -0.15) is 0 Å². The minimum absolute atomic E-state index is 0.982. The molecule has 0 radical (unpaired) electrons. The van der Waals surface area contributed by atoms with E-state index in [2.05, 4.69) is 32.9 Å². The minimum atomic E-state index is 0.982. The van der Waals surface area contributed by atoms with E-state index in [9.17, 15) is 0 Å². The lowest BCUT2D eigenvalue weighted by atomic mass is 9.97. The first-order valence-electron chi connectivity index (χ1n) is 3.73. The van der Waals surface area contributed by atoms with Gasteiger partial charge in [0.25, 0.3) is 0 Å². The van der Waals surface area contributed by atoms with Gasteiger partial charge in [0.05, 0.1) is 0 Å². The Morgan fingerprint density at radius 2 is 2.44 bits per heavy atom. The monoisotopic (exact) mass is 239 g/mol. The molecule has 2 heteroatoms. The quantitative estimate of drug-likeness (QED) is 0.501. The highest BCUT2D eigenvalue weighted by atomic mass is 127. The third-order valence-electron chi connectivity index (χ3n) is 2.05. The Hall–Kier alpha value is 0.690. The molecule has 0 spiro atoms. The molecule has 0 aromatic heterocycles. The molecule has 1 unspecified atom stereocenters. The zero-order valence-electron chi connectivity index (χ0n) is 5.94. The van der Waals surface area contributed by atoms with Crippen molar-refractivity contribution in [3.8, 4) is 0 Å². The smallest absolute Gasteiger partial charge is 0.0201 e. The summed E-state index contributed by atoms with van der Waals surface area (Å²) in [6, 6.07) is 0. The number of rotatable bonds is 1. The largest absolute Gasteiger partial charge is 0.247 e. The molecule has 0 N–H and O–H groups in total. The van der Waals surface area contributed by atoms with E-state index < -0.39 is 0 Å². The van der Waals surface area contributed by atoms with E-state index in [-0.39, 0.29) is 0 Å². The maximum Gasteiger partial charge on any atom is 0.0201 e. The molecule has 0 aromatic rings. The van der Waals surface area contributed by atoms with Crippen molar-refractivity contribution in [3.05, 3.63) is 0 Å². The molecule has 54 valence electrons. The summed E-state index contributed by atoms with van der Waals surface area (Å²) in [4.78, 5) is 0. The summed E-state index contributed by atoms with van der Waals surface area (Å²) < 4.78 is 2.41. The molecule has 1 heterocycles. The Kier molecular flexibility index (Phi) is 3.26. The number of hydrogen-bond acceptors (Lipinski definition) is 1. The standard InChI is InChI=1S/C7H14IN/c1-2-7-4-3-5-9(8)6-7/h7H,2-6H2,1H3. The number of piperidine rings is 1. The minimum Gasteiger partial charge on any atom is -0.247 e. The second-order valence-electron chi connectivity index (χ2n) is 2.79. The van der Waals surface area contributed by atoms with Crippen LogP contribution in [0.1, 0.15) is 26.2 Å². The summed E-state index contributed by atoms with van der Waals surface area (Å²) in [6.07, 6.45) is 4.22. The molecule has 1 nitrogen and oxygen atoms in total. The molecule has 1 rings (SSSR count). The van der Waals surface area contributed by atoms with Crippen LogP contribution in [0.25, 0.3) is 0 Å². The molecule has 0 bridgehead atoms. The summed E-state index contributed by atoms with van der Waals surface area (Å²) >= 11 is 2.43. The molecule has 1 fully saturated rings. The van der Waals surface area contributed by atoms with Crippen LogP contribution in [0.3, 0.4) is 0 Å². The van der Waals surface area contributed by atoms with E-state index >= 15 is 0 Å². The van der Waals surface area contributed by atoms with Crippen molar-refractivity contribution in [1.29, 1.82) is 0 Å². The van der Waals surface area contributed by atoms with Crippen LogP contribution in [0.4, 0.5) is 0 Å². The molecule has 0 amide bonds. The third kappa shape index (κ3) is 2.42. The van der Waals surface area contributed by atoms with E-state index in [1.54, 1.807) is 0 Å². The van der Waals surface area contributed by atoms with Gasteiger partial charge < -0.3 is 0 Å². The summed E-state index contributed by atoms with van der Waals surface area (Å²) in [7, 11) is 0. The molecule has 1 saturated heterocycles. The van der Waals surface area contributed by atoms with Crippen molar-refractivity contribution in [3.63, 3.8) is 0 Å². The van der Waals surface area contributed by atoms with Crippen molar-refractivity contribution in [2.24, 2.45) is 5.92 Å². The molecule has 9 heavy (non-hydrogen) atoms. The van der Waals surface area contributed by atoms with Crippen LogP contribution in [0.2, 0.25) is 0 Å². The van der Waals surface area contributed by atoms with Crippen LogP contribution >= 0.6 is 22.9 Å². The lowest BCUT2D eigenvalue weighted by Gasteiger charge is -2.26. The van der Waals surface area contributed by atoms with Crippen LogP contribution < -0.4 is 0 Å². The summed E-state index contributed by atoms with van der Waals surface area (Å²) in [5.41, 5.74) is 0. The molecule has 0 aromatic carbocycles. The van der Waals surface area contributed by atoms with Crippen LogP contribution in [0.5, 0.6) is 0 Å². The predicted octanol–water partition coefficient (Wildman–Crippen LogP) is 2.46. The van der Waals surface area contributed by atoms with Crippen LogP contribution in [0, 0.1) is 5.92 Å². The fourth-order valence-corrected chi connectivity index (χ4v) is 2.25. The molecule has 1 atom stereocenters. The van der Waals surface area contributed by atoms with E-state index in [1.807, 2.05) is 0 Å². The fourth-order valence-electron chi connectivity index (χ4n) is 1.35. The van der Waals surface area contributed by atoms with Gasteiger partial charge >= 0.3 is 0 Å². The first-order valence-corrected chi connectivity index (χ1v) is 4.70. The lowest BCUT2D eigenvalue weighted by molar-refractivity contribution is 0.297. The van der Waals surface area contributed by atoms with Gasteiger partial charge in [-0.1, -0.05) is 13.3 Å². The van der Waals surface area contributed by atoms with Gasteiger partial charge in [-0.3, -0.25) is 0 Å². The Labute approximate surface area is 71.3 Å². The average Bonchev–Trinajstić information content (AvgIpc) is 1.88. The molecule has 0 saturated carbocycles. The van der Waals surface area contributed by atoms with E-state index in [0.29, 0.717) is 0 Å². The number of hydrogen-bond donors (Lipinski definition) is 0. The first-order chi connectivity index (χ1) is 4.33. The van der Waals surface area contributed by atoms with Crippen LogP contribution in [0.15, 0.2) is 0 Å². The van der Waals surface area contributed by atoms with Gasteiger partial charge in [0.2, 0.25) is 0 Å². The van der Waals surface area contributed by atoms with Gasteiger partial charge in [0.1, 0.15) is 0 Å². The number of halogens is 1. The van der Waals surface area contributed by atoms with E-state index in [0.717, 1.165) is 5.92 Å². The van der Waals surface area contributed by atoms with Crippen molar-refractivity contribution in [2.45, 2.75) is 26.2 Å². The van der Waals surface area contributed by atoms with Gasteiger partial charge in [0.15, 0.2) is 0 Å². The van der Waals surface area contributed by atoms with Crippen molar-refractivity contribution < 1.29 is 0 Å². The predicted molar refractivity (Wildman–Crippen MR) is 48.6 cm³/mol. The second kappa shape index (κ2) is 3.76. The summed E-state index contributed by atoms with van der Waals surface area (Å²) in [6.45, 7) is 4.91. The van der Waals surface area contributed by atoms with Gasteiger partial charge in [-0.05, 0) is 18.8 Å². The van der Waals surface area contributed by atoms with Crippen molar-refractivity contribution in [1.82, 2.24) is 3.11 Å². The van der Waals surface area contributed by atoms with Gasteiger partial charge in [-0.25, -0.2) is 3.11 Å². The Morgan fingerprint density at radius 3 is 2.89 bits per heavy atom. The molecule has 1 aliphatic rings. The average molecular weight is 239 g/mol. The maximum absolute atomic E-state index is 2.43. The zero-order chi connectivity index (χ0) is 6.69. The SMILES string of the molecule is CCC1CCCN(I)C1. The summed E-state index contributed by atoms with van der Waals surface area (Å²) in [5.74, 6) is 0.982. The molecule has 0 aliphatic carbocycles. The Bertz CT molecular complexity index is 85.0. The van der Waals surface area contributed by atoms with Crippen LogP contribution in [-0.2, 0) is 0 Å². The Balaban J connectivity index is 2.23. The highest BCUT2D eigenvalue weighted by molar-refractivity contribution is 14.1. The van der Waals surface area contributed by atoms with Crippen molar-refractivity contribution >= 4 is 22.9 Å². The Morgan fingerprint density at radius 1 is 1.67 bits per heavy atom. The lowest BCUT2D eigenvalue weighted by Crippen LogP contribution is -2.27. The molecular formula is C7H14IN. The zero-order valence-corrected chi connectivity index (χ0v) is 8.10. The second-order valence-corrected chi connectivity index (χ2v) is 4.15. The highest BCUT2D eigenvalue weighted by Gasteiger charge is 2.15. The van der Waals surface area contributed by atoms with Gasteiger partial charge in [0, 0.05) is 36.0 Å². The molecule has 1 aliphatic heterocycles. The number of nitrogens with zero attached hydrogens (tertiary/aromatic N) is 1. The third-order valence-corrected chi connectivity index (χ3v) is 2.92. The van der Waals surface area contributed by atoms with E-state index in [4.69, 9.17) is 0 Å². The topological polar surface area (TPSA) is 3.24 Å². The first kappa shape index (κ1) is 7.79. The maximum atomic E-state index is 2.43. The normalized spacial score (nSPS) is 30.7. The van der Waals surface area contributed by atoms with Crippen molar-refractivity contribution in [2.75, 3.05) is 13.1 Å².